The Kier molecular flexibility index (Phi) is 4.42. The maximum absolute atomic E-state index is 12.4. The lowest BCUT2D eigenvalue weighted by Crippen LogP contribution is -2.47. The van der Waals surface area contributed by atoms with E-state index in [1.54, 1.807) is 23.1 Å². The minimum Gasteiger partial charge on any atom is -0.348 e. The first-order valence-corrected chi connectivity index (χ1v) is 9.80. The van der Waals surface area contributed by atoms with E-state index < -0.39 is 0 Å². The molecule has 3 nitrogen and oxygen atoms in total. The molecule has 1 unspecified atom stereocenters. The van der Waals surface area contributed by atoms with Gasteiger partial charge in [0.1, 0.15) is 0 Å². The van der Waals surface area contributed by atoms with Crippen LogP contribution >= 0.6 is 23.1 Å². The third-order valence-corrected chi connectivity index (χ3v) is 6.68. The second kappa shape index (κ2) is 6.67. The standard InChI is InChI=1S/C18H20N2OS2/c21-18(19-15-10-13-7-8-20(11-13)12-15)14-3-5-16(6-4-14)23-17-2-1-9-22-17/h1-6,9,13,15H,7-8,10-12H2,(H,19,21)/t13-,15-/m1/s1. The van der Waals surface area contributed by atoms with Crippen molar-refractivity contribution in [3.63, 3.8) is 0 Å². The van der Waals surface area contributed by atoms with Crippen LogP contribution < -0.4 is 5.32 Å². The average Bonchev–Trinajstić information content (AvgIpc) is 3.18. The number of piperidine rings is 1. The van der Waals surface area contributed by atoms with Gasteiger partial charge in [-0.05, 0) is 61.0 Å². The van der Waals surface area contributed by atoms with Gasteiger partial charge in [0, 0.05) is 29.6 Å². The molecule has 23 heavy (non-hydrogen) atoms. The van der Waals surface area contributed by atoms with Crippen LogP contribution in [-0.4, -0.2) is 36.5 Å². The molecule has 2 saturated heterocycles. The highest BCUT2D eigenvalue weighted by molar-refractivity contribution is 8.01. The second-order valence-electron chi connectivity index (χ2n) is 6.38. The summed E-state index contributed by atoms with van der Waals surface area (Å²) < 4.78 is 1.27. The molecule has 5 heteroatoms. The van der Waals surface area contributed by atoms with E-state index in [0.717, 1.165) is 24.4 Å². The van der Waals surface area contributed by atoms with E-state index in [9.17, 15) is 4.79 Å². The van der Waals surface area contributed by atoms with Gasteiger partial charge in [0.05, 0.1) is 4.21 Å². The van der Waals surface area contributed by atoms with Crippen LogP contribution in [-0.2, 0) is 0 Å². The summed E-state index contributed by atoms with van der Waals surface area (Å²) in [7, 11) is 0. The first-order chi connectivity index (χ1) is 11.3. The lowest BCUT2D eigenvalue weighted by atomic mass is 9.96. The van der Waals surface area contributed by atoms with E-state index in [0.29, 0.717) is 6.04 Å². The monoisotopic (exact) mass is 344 g/mol. The number of carbonyl (C=O) groups is 1. The highest BCUT2D eigenvalue weighted by atomic mass is 32.2. The Morgan fingerprint density at radius 3 is 2.83 bits per heavy atom. The van der Waals surface area contributed by atoms with E-state index in [2.05, 4.69) is 27.7 Å². The quantitative estimate of drug-likeness (QED) is 0.917. The van der Waals surface area contributed by atoms with E-state index >= 15 is 0 Å². The topological polar surface area (TPSA) is 32.3 Å². The Morgan fingerprint density at radius 2 is 2.09 bits per heavy atom. The Bertz CT molecular complexity index is 657. The summed E-state index contributed by atoms with van der Waals surface area (Å²) >= 11 is 3.48. The largest absolute Gasteiger partial charge is 0.348 e. The summed E-state index contributed by atoms with van der Waals surface area (Å²) in [6, 6.07) is 12.4. The third kappa shape index (κ3) is 3.62. The lowest BCUT2D eigenvalue weighted by molar-refractivity contribution is 0.0909. The van der Waals surface area contributed by atoms with Gasteiger partial charge in [-0.2, -0.15) is 0 Å². The fourth-order valence-corrected chi connectivity index (χ4v) is 5.29. The van der Waals surface area contributed by atoms with Crippen LogP contribution in [0.25, 0.3) is 0 Å². The van der Waals surface area contributed by atoms with Gasteiger partial charge in [-0.3, -0.25) is 4.79 Å². The van der Waals surface area contributed by atoms with Crippen LogP contribution in [0.5, 0.6) is 0 Å². The molecular formula is C18H20N2OS2. The highest BCUT2D eigenvalue weighted by Gasteiger charge is 2.32. The van der Waals surface area contributed by atoms with Crippen LogP contribution in [0.15, 0.2) is 50.9 Å². The first kappa shape index (κ1) is 15.2. The summed E-state index contributed by atoms with van der Waals surface area (Å²) in [5.41, 5.74) is 0.758. The van der Waals surface area contributed by atoms with Crippen LogP contribution in [0.2, 0.25) is 0 Å². The molecule has 2 aromatic rings. The second-order valence-corrected chi connectivity index (χ2v) is 8.70. The number of hydrogen-bond acceptors (Lipinski definition) is 4. The predicted octanol–water partition coefficient (Wildman–Crippen LogP) is 3.72. The number of fused-ring (bicyclic) bond motifs is 2. The van der Waals surface area contributed by atoms with E-state index in [-0.39, 0.29) is 5.91 Å². The molecule has 4 rings (SSSR count). The van der Waals surface area contributed by atoms with E-state index in [4.69, 9.17) is 0 Å². The fourth-order valence-electron chi connectivity index (χ4n) is 3.55. The van der Waals surface area contributed by atoms with Gasteiger partial charge >= 0.3 is 0 Å². The summed E-state index contributed by atoms with van der Waals surface area (Å²) in [5, 5.41) is 5.30. The molecule has 1 aromatic heterocycles. The molecule has 120 valence electrons. The number of amides is 1. The van der Waals surface area contributed by atoms with Crippen molar-refractivity contribution < 1.29 is 4.79 Å². The summed E-state index contributed by atoms with van der Waals surface area (Å²) in [5.74, 6) is 0.837. The number of hydrogen-bond donors (Lipinski definition) is 1. The molecule has 2 fully saturated rings. The maximum Gasteiger partial charge on any atom is 0.251 e. The van der Waals surface area contributed by atoms with Gasteiger partial charge in [0.2, 0.25) is 0 Å². The molecule has 0 saturated carbocycles. The van der Waals surface area contributed by atoms with E-state index in [1.807, 2.05) is 24.3 Å². The summed E-state index contributed by atoms with van der Waals surface area (Å²) in [6.45, 7) is 3.43. The minimum atomic E-state index is 0.0603. The van der Waals surface area contributed by atoms with Crippen molar-refractivity contribution in [2.45, 2.75) is 28.0 Å². The summed E-state index contributed by atoms with van der Waals surface area (Å²) in [6.07, 6.45) is 2.43. The zero-order valence-electron chi connectivity index (χ0n) is 12.9. The van der Waals surface area contributed by atoms with Crippen molar-refractivity contribution in [3.8, 4) is 0 Å². The SMILES string of the molecule is O=C(N[C@@H]1C[C@H]2CCN(C2)C1)c1ccc(Sc2cccs2)cc1. The molecule has 3 atom stereocenters. The Balaban J connectivity index is 1.36. The molecule has 2 bridgehead atoms. The normalized spacial score (nSPS) is 26.2. The molecule has 0 aliphatic carbocycles. The van der Waals surface area contributed by atoms with Gasteiger partial charge in [0.15, 0.2) is 0 Å². The number of nitrogens with one attached hydrogen (secondary N) is 1. The van der Waals surface area contributed by atoms with Crippen molar-refractivity contribution >= 4 is 29.0 Å². The van der Waals surface area contributed by atoms with Gasteiger partial charge in [-0.25, -0.2) is 0 Å². The van der Waals surface area contributed by atoms with Gasteiger partial charge in [-0.15, -0.1) is 11.3 Å². The van der Waals surface area contributed by atoms with Crippen LogP contribution in [0.1, 0.15) is 23.2 Å². The number of carbonyl (C=O) groups excluding carboxylic acids is 1. The summed E-state index contributed by atoms with van der Waals surface area (Å²) in [4.78, 5) is 16.1. The van der Waals surface area contributed by atoms with Crippen LogP contribution in [0.4, 0.5) is 0 Å². The Labute approximate surface area is 145 Å². The zero-order valence-corrected chi connectivity index (χ0v) is 14.5. The average molecular weight is 345 g/mol. The zero-order chi connectivity index (χ0) is 15.6. The van der Waals surface area contributed by atoms with Crippen LogP contribution in [0, 0.1) is 5.92 Å². The number of rotatable bonds is 4. The van der Waals surface area contributed by atoms with Gasteiger partial charge in [0.25, 0.3) is 5.91 Å². The lowest BCUT2D eigenvalue weighted by Gasteiger charge is -2.30. The number of benzene rings is 1. The molecule has 2 aliphatic heterocycles. The Morgan fingerprint density at radius 1 is 1.22 bits per heavy atom. The number of nitrogens with zero attached hydrogens (tertiary/aromatic N) is 1. The van der Waals surface area contributed by atoms with Crippen molar-refractivity contribution in [2.75, 3.05) is 19.6 Å². The first-order valence-electron chi connectivity index (χ1n) is 8.11. The molecule has 1 aromatic carbocycles. The van der Waals surface area contributed by atoms with Gasteiger partial charge < -0.3 is 10.2 Å². The number of thiophene rings is 1. The van der Waals surface area contributed by atoms with Crippen molar-refractivity contribution in [3.05, 3.63) is 47.3 Å². The highest BCUT2D eigenvalue weighted by Crippen LogP contribution is 2.31. The predicted molar refractivity (Wildman–Crippen MR) is 95.3 cm³/mol. The maximum atomic E-state index is 12.4. The minimum absolute atomic E-state index is 0.0603. The molecule has 1 N–H and O–H groups in total. The molecule has 0 spiro atoms. The van der Waals surface area contributed by atoms with Gasteiger partial charge in [-0.1, -0.05) is 17.8 Å². The smallest absolute Gasteiger partial charge is 0.251 e. The van der Waals surface area contributed by atoms with Crippen LogP contribution in [0.3, 0.4) is 0 Å². The fraction of sp³-hybridized carbons (Fsp3) is 0.389. The molecule has 2 aliphatic rings. The van der Waals surface area contributed by atoms with Crippen molar-refractivity contribution in [2.24, 2.45) is 5.92 Å². The molecule has 3 heterocycles. The molecular weight excluding hydrogens is 324 g/mol. The Hall–Kier alpha value is -1.30. The van der Waals surface area contributed by atoms with Crippen molar-refractivity contribution in [1.82, 2.24) is 10.2 Å². The molecule has 1 amide bonds. The van der Waals surface area contributed by atoms with Crippen molar-refractivity contribution in [1.29, 1.82) is 0 Å². The third-order valence-electron chi connectivity index (χ3n) is 4.63. The molecule has 0 radical (unpaired) electrons. The van der Waals surface area contributed by atoms with E-state index in [1.165, 1.54) is 28.6 Å².